The number of esters is 1. The van der Waals surface area contributed by atoms with Gasteiger partial charge in [-0.3, -0.25) is 4.79 Å². The lowest BCUT2D eigenvalue weighted by molar-refractivity contribution is -0.157. The number of carbonyl (C=O) groups is 1. The minimum absolute atomic E-state index is 0.0775. The molecule has 18 heavy (non-hydrogen) atoms. The molecule has 2 rings (SSSR count). The summed E-state index contributed by atoms with van der Waals surface area (Å²) in [5.41, 5.74) is 1.15. The molecule has 2 aromatic rings. The van der Waals surface area contributed by atoms with Crippen LogP contribution in [0.1, 0.15) is 17.5 Å². The number of rotatable bonds is 4. The van der Waals surface area contributed by atoms with E-state index in [0.717, 1.165) is 5.56 Å². The Kier molecular flexibility index (Phi) is 4.07. The Labute approximate surface area is 105 Å². The normalized spacial score (nSPS) is 11.8. The SMILES string of the molecule is O=C(Cc1ccccc1)OC(F)c1ccccc1. The molecule has 0 N–H and O–H groups in total. The van der Waals surface area contributed by atoms with Crippen LogP contribution in [0, 0.1) is 0 Å². The predicted octanol–water partition coefficient (Wildman–Crippen LogP) is 3.44. The fraction of sp³-hybridized carbons (Fsp3) is 0.133. The summed E-state index contributed by atoms with van der Waals surface area (Å²) >= 11 is 0. The largest absolute Gasteiger partial charge is 0.426 e. The number of hydrogen-bond acceptors (Lipinski definition) is 2. The minimum atomic E-state index is -1.71. The molecule has 2 aromatic carbocycles. The maximum Gasteiger partial charge on any atom is 0.313 e. The van der Waals surface area contributed by atoms with Gasteiger partial charge >= 0.3 is 5.97 Å². The van der Waals surface area contributed by atoms with E-state index in [1.807, 2.05) is 18.2 Å². The monoisotopic (exact) mass is 244 g/mol. The van der Waals surface area contributed by atoms with Gasteiger partial charge in [0.2, 0.25) is 0 Å². The van der Waals surface area contributed by atoms with Crippen molar-refractivity contribution in [2.24, 2.45) is 0 Å². The smallest absolute Gasteiger partial charge is 0.313 e. The third-order valence-corrected chi connectivity index (χ3v) is 2.49. The van der Waals surface area contributed by atoms with Crippen molar-refractivity contribution in [3.8, 4) is 0 Å². The van der Waals surface area contributed by atoms with Gasteiger partial charge in [-0.1, -0.05) is 60.7 Å². The lowest BCUT2D eigenvalue weighted by Crippen LogP contribution is -2.10. The van der Waals surface area contributed by atoms with Crippen LogP contribution >= 0.6 is 0 Å². The van der Waals surface area contributed by atoms with Gasteiger partial charge in [-0.15, -0.1) is 0 Å². The topological polar surface area (TPSA) is 26.3 Å². The van der Waals surface area contributed by atoms with Crippen LogP contribution in [0.15, 0.2) is 60.7 Å². The Morgan fingerprint density at radius 3 is 2.17 bits per heavy atom. The van der Waals surface area contributed by atoms with Crippen LogP contribution in [0.2, 0.25) is 0 Å². The van der Waals surface area contributed by atoms with Gasteiger partial charge in [0, 0.05) is 5.56 Å². The van der Waals surface area contributed by atoms with Crippen molar-refractivity contribution in [2.75, 3.05) is 0 Å². The summed E-state index contributed by atoms with van der Waals surface area (Å²) in [4.78, 5) is 11.5. The highest BCUT2D eigenvalue weighted by molar-refractivity contribution is 5.72. The Hall–Kier alpha value is -2.16. The van der Waals surface area contributed by atoms with Crippen molar-refractivity contribution in [1.29, 1.82) is 0 Å². The third-order valence-electron chi connectivity index (χ3n) is 2.49. The summed E-state index contributed by atoms with van der Waals surface area (Å²) in [6, 6.07) is 17.5. The molecule has 0 saturated heterocycles. The van der Waals surface area contributed by atoms with Crippen molar-refractivity contribution in [3.05, 3.63) is 71.8 Å². The Morgan fingerprint density at radius 2 is 1.56 bits per heavy atom. The molecule has 0 radical (unpaired) electrons. The van der Waals surface area contributed by atoms with E-state index in [9.17, 15) is 9.18 Å². The van der Waals surface area contributed by atoms with Crippen LogP contribution in [-0.4, -0.2) is 5.97 Å². The van der Waals surface area contributed by atoms with Crippen molar-refractivity contribution in [1.82, 2.24) is 0 Å². The van der Waals surface area contributed by atoms with E-state index < -0.39 is 12.3 Å². The van der Waals surface area contributed by atoms with E-state index in [1.165, 1.54) is 0 Å². The van der Waals surface area contributed by atoms with E-state index in [-0.39, 0.29) is 6.42 Å². The minimum Gasteiger partial charge on any atom is -0.426 e. The number of ether oxygens (including phenoxy) is 1. The maximum absolute atomic E-state index is 13.6. The Morgan fingerprint density at radius 1 is 1.00 bits per heavy atom. The molecule has 0 saturated carbocycles. The van der Waals surface area contributed by atoms with E-state index in [4.69, 9.17) is 4.74 Å². The van der Waals surface area contributed by atoms with Crippen LogP contribution in [0.3, 0.4) is 0 Å². The fourth-order valence-electron chi connectivity index (χ4n) is 1.59. The first-order valence-corrected chi connectivity index (χ1v) is 5.68. The highest BCUT2D eigenvalue weighted by Crippen LogP contribution is 2.19. The zero-order chi connectivity index (χ0) is 12.8. The van der Waals surface area contributed by atoms with E-state index in [0.29, 0.717) is 5.56 Å². The van der Waals surface area contributed by atoms with Crippen LogP contribution in [0.5, 0.6) is 0 Å². The fourth-order valence-corrected chi connectivity index (χ4v) is 1.59. The quantitative estimate of drug-likeness (QED) is 0.770. The average molecular weight is 244 g/mol. The molecule has 0 fully saturated rings. The first kappa shape index (κ1) is 12.3. The number of carbonyl (C=O) groups excluding carboxylic acids is 1. The second kappa shape index (κ2) is 5.96. The van der Waals surface area contributed by atoms with Crippen LogP contribution < -0.4 is 0 Å². The molecule has 0 aliphatic rings. The Bertz CT molecular complexity index is 496. The summed E-state index contributed by atoms with van der Waals surface area (Å²) in [5, 5.41) is 0. The highest BCUT2D eigenvalue weighted by Gasteiger charge is 2.14. The first-order chi connectivity index (χ1) is 8.75. The first-order valence-electron chi connectivity index (χ1n) is 5.68. The van der Waals surface area contributed by atoms with E-state index in [2.05, 4.69) is 0 Å². The third kappa shape index (κ3) is 3.42. The summed E-state index contributed by atoms with van der Waals surface area (Å²) < 4.78 is 18.4. The molecule has 0 aliphatic heterocycles. The molecule has 92 valence electrons. The molecule has 0 aromatic heterocycles. The van der Waals surface area contributed by atoms with Crippen LogP contribution in [0.25, 0.3) is 0 Å². The van der Waals surface area contributed by atoms with Crippen molar-refractivity contribution in [2.45, 2.75) is 12.8 Å². The van der Waals surface area contributed by atoms with Gasteiger partial charge in [-0.25, -0.2) is 0 Å². The van der Waals surface area contributed by atoms with Gasteiger partial charge in [-0.2, -0.15) is 4.39 Å². The van der Waals surface area contributed by atoms with Crippen molar-refractivity contribution < 1.29 is 13.9 Å². The number of hydrogen-bond donors (Lipinski definition) is 0. The second-order valence-electron chi connectivity index (χ2n) is 3.88. The Balaban J connectivity index is 1.92. The lowest BCUT2D eigenvalue weighted by Gasteiger charge is -2.10. The average Bonchev–Trinajstić information content (AvgIpc) is 2.40. The molecule has 3 heteroatoms. The lowest BCUT2D eigenvalue weighted by atomic mass is 10.1. The van der Waals surface area contributed by atoms with Crippen LogP contribution in [-0.2, 0) is 16.0 Å². The van der Waals surface area contributed by atoms with E-state index in [1.54, 1.807) is 42.5 Å². The van der Waals surface area contributed by atoms with Crippen LogP contribution in [0.4, 0.5) is 4.39 Å². The number of alkyl halides is 1. The zero-order valence-electron chi connectivity index (χ0n) is 9.75. The van der Waals surface area contributed by atoms with Crippen molar-refractivity contribution in [3.63, 3.8) is 0 Å². The maximum atomic E-state index is 13.6. The summed E-state index contributed by atoms with van der Waals surface area (Å²) in [6.07, 6.45) is -1.63. The molecule has 0 aliphatic carbocycles. The molecule has 0 heterocycles. The van der Waals surface area contributed by atoms with Gasteiger partial charge in [0.25, 0.3) is 6.36 Å². The van der Waals surface area contributed by atoms with Gasteiger partial charge in [0.1, 0.15) is 0 Å². The summed E-state index contributed by atoms with van der Waals surface area (Å²) in [7, 11) is 0. The number of benzene rings is 2. The van der Waals surface area contributed by atoms with Gasteiger partial charge in [0.05, 0.1) is 6.42 Å². The highest BCUT2D eigenvalue weighted by atomic mass is 19.1. The molecule has 0 bridgehead atoms. The molecule has 0 spiro atoms. The molecule has 2 nitrogen and oxygen atoms in total. The predicted molar refractivity (Wildman–Crippen MR) is 66.5 cm³/mol. The summed E-state index contributed by atoms with van der Waals surface area (Å²) in [6.45, 7) is 0. The molecule has 1 unspecified atom stereocenters. The van der Waals surface area contributed by atoms with Gasteiger partial charge < -0.3 is 4.74 Å². The number of halogens is 1. The van der Waals surface area contributed by atoms with Gasteiger partial charge in [0.15, 0.2) is 0 Å². The van der Waals surface area contributed by atoms with Crippen molar-refractivity contribution >= 4 is 5.97 Å². The molecule has 0 amide bonds. The second-order valence-corrected chi connectivity index (χ2v) is 3.88. The molecular weight excluding hydrogens is 231 g/mol. The summed E-state index contributed by atoms with van der Waals surface area (Å²) in [5.74, 6) is -0.572. The van der Waals surface area contributed by atoms with E-state index >= 15 is 0 Å². The standard InChI is InChI=1S/C15H13FO2/c16-15(13-9-5-2-6-10-13)18-14(17)11-12-7-3-1-4-8-12/h1-10,15H,11H2. The zero-order valence-corrected chi connectivity index (χ0v) is 9.75. The van der Waals surface area contributed by atoms with Gasteiger partial charge in [-0.05, 0) is 5.56 Å². The molecule has 1 atom stereocenters. The molecular formula is C15H13FO2.